The van der Waals surface area contributed by atoms with Crippen molar-refractivity contribution in [1.82, 2.24) is 15.0 Å². The quantitative estimate of drug-likeness (QED) is 0.889. The van der Waals surface area contributed by atoms with E-state index in [4.69, 9.17) is 15.6 Å². The van der Waals surface area contributed by atoms with Gasteiger partial charge in [-0.3, -0.25) is 4.98 Å². The monoisotopic (exact) mass is 314 g/mol. The van der Waals surface area contributed by atoms with Gasteiger partial charge in [0.25, 0.3) is 0 Å². The predicted octanol–water partition coefficient (Wildman–Crippen LogP) is 1.85. The lowest BCUT2D eigenvalue weighted by Crippen LogP contribution is -2.10. The number of nitrogens with zero attached hydrogens (tertiary/aromatic N) is 3. The maximum absolute atomic E-state index is 12.4. The number of aromatic carboxylic acids is 1. The Morgan fingerprint density at radius 1 is 1.32 bits per heavy atom. The van der Waals surface area contributed by atoms with Gasteiger partial charge in [-0.15, -0.1) is 0 Å². The number of aromatic nitrogens is 3. The number of hydrogen-bond donors (Lipinski definition) is 2. The number of rotatable bonds is 3. The van der Waals surface area contributed by atoms with Gasteiger partial charge < -0.3 is 15.6 Å². The summed E-state index contributed by atoms with van der Waals surface area (Å²) in [5, 5.41) is 9.05. The summed E-state index contributed by atoms with van der Waals surface area (Å²) in [6.45, 7) is 0. The van der Waals surface area contributed by atoms with Gasteiger partial charge in [0.15, 0.2) is 23.1 Å². The molecule has 2 rings (SSSR count). The van der Waals surface area contributed by atoms with Crippen LogP contribution in [0.15, 0.2) is 18.3 Å². The third kappa shape index (κ3) is 2.90. The van der Waals surface area contributed by atoms with E-state index in [1.54, 1.807) is 0 Å². The van der Waals surface area contributed by atoms with Crippen LogP contribution < -0.4 is 10.5 Å². The highest BCUT2D eigenvalue weighted by Gasteiger charge is 2.32. The number of anilines is 1. The summed E-state index contributed by atoms with van der Waals surface area (Å²) in [6.07, 6.45) is -3.69. The molecule has 0 atom stereocenters. The molecular formula is C12H9F3N4O3. The van der Waals surface area contributed by atoms with Gasteiger partial charge in [0.1, 0.15) is 5.69 Å². The van der Waals surface area contributed by atoms with Crippen molar-refractivity contribution in [2.24, 2.45) is 0 Å². The second-order valence-electron chi connectivity index (χ2n) is 4.05. The summed E-state index contributed by atoms with van der Waals surface area (Å²) in [5.74, 6) is -2.05. The van der Waals surface area contributed by atoms with Crippen molar-refractivity contribution < 1.29 is 27.8 Å². The predicted molar refractivity (Wildman–Crippen MR) is 68.2 cm³/mol. The third-order valence-corrected chi connectivity index (χ3v) is 2.61. The lowest BCUT2D eigenvalue weighted by molar-refractivity contribution is -0.141. The Bertz CT molecular complexity index is 717. The number of nitrogen functional groups attached to an aromatic ring is 1. The van der Waals surface area contributed by atoms with Gasteiger partial charge in [-0.2, -0.15) is 13.2 Å². The second-order valence-corrected chi connectivity index (χ2v) is 4.05. The molecule has 2 aromatic rings. The van der Waals surface area contributed by atoms with Crippen LogP contribution in [0.4, 0.5) is 19.0 Å². The minimum atomic E-state index is -4.58. The summed E-state index contributed by atoms with van der Waals surface area (Å²) in [5.41, 5.74) is 4.07. The van der Waals surface area contributed by atoms with Gasteiger partial charge in [-0.05, 0) is 12.1 Å². The maximum Gasteiger partial charge on any atom is 0.433 e. The SMILES string of the molecule is COc1c(N)nc(-c2ccc(C(F)(F)F)nc2)nc1C(=O)O. The Labute approximate surface area is 121 Å². The normalized spacial score (nSPS) is 11.3. The van der Waals surface area contributed by atoms with Crippen LogP contribution in [-0.2, 0) is 6.18 Å². The zero-order valence-electron chi connectivity index (χ0n) is 11.0. The Morgan fingerprint density at radius 3 is 2.45 bits per heavy atom. The van der Waals surface area contributed by atoms with E-state index in [0.717, 1.165) is 18.3 Å². The number of carboxylic acids is 1. The van der Waals surface area contributed by atoms with E-state index in [1.165, 1.54) is 7.11 Å². The van der Waals surface area contributed by atoms with Crippen molar-refractivity contribution in [2.75, 3.05) is 12.8 Å². The van der Waals surface area contributed by atoms with Crippen LogP contribution in [0.25, 0.3) is 11.4 Å². The minimum Gasteiger partial charge on any atom is -0.491 e. The first-order valence-electron chi connectivity index (χ1n) is 5.72. The van der Waals surface area contributed by atoms with Crippen LogP contribution in [0, 0.1) is 0 Å². The van der Waals surface area contributed by atoms with E-state index in [9.17, 15) is 18.0 Å². The molecule has 7 nitrogen and oxygen atoms in total. The number of ether oxygens (including phenoxy) is 1. The number of pyridine rings is 1. The van der Waals surface area contributed by atoms with E-state index < -0.39 is 23.5 Å². The maximum atomic E-state index is 12.4. The average molecular weight is 314 g/mol. The summed E-state index contributed by atoms with van der Waals surface area (Å²) >= 11 is 0. The van der Waals surface area contributed by atoms with Crippen molar-refractivity contribution in [3.8, 4) is 17.1 Å². The van der Waals surface area contributed by atoms with E-state index in [1.807, 2.05) is 0 Å². The molecule has 0 aliphatic heterocycles. The van der Waals surface area contributed by atoms with Crippen molar-refractivity contribution in [3.05, 3.63) is 29.7 Å². The number of halogens is 3. The van der Waals surface area contributed by atoms with Gasteiger partial charge in [-0.25, -0.2) is 14.8 Å². The number of alkyl halides is 3. The molecule has 10 heteroatoms. The van der Waals surface area contributed by atoms with E-state index in [0.29, 0.717) is 0 Å². The lowest BCUT2D eigenvalue weighted by atomic mass is 10.2. The zero-order valence-corrected chi connectivity index (χ0v) is 11.0. The molecule has 116 valence electrons. The minimum absolute atomic E-state index is 0.0878. The number of nitrogens with two attached hydrogens (primary N) is 1. The zero-order chi connectivity index (χ0) is 16.5. The molecule has 2 aromatic heterocycles. The van der Waals surface area contributed by atoms with Gasteiger partial charge in [0.2, 0.25) is 0 Å². The molecule has 3 N–H and O–H groups in total. The molecule has 0 spiro atoms. The van der Waals surface area contributed by atoms with E-state index >= 15 is 0 Å². The van der Waals surface area contributed by atoms with E-state index in [-0.39, 0.29) is 23.0 Å². The molecule has 0 unspecified atom stereocenters. The molecule has 22 heavy (non-hydrogen) atoms. The molecule has 0 aromatic carbocycles. The first-order chi connectivity index (χ1) is 10.2. The fourth-order valence-electron chi connectivity index (χ4n) is 1.64. The molecule has 0 saturated carbocycles. The highest BCUT2D eigenvalue weighted by molar-refractivity contribution is 5.91. The third-order valence-electron chi connectivity index (χ3n) is 2.61. The fourth-order valence-corrected chi connectivity index (χ4v) is 1.64. The Kier molecular flexibility index (Phi) is 3.85. The smallest absolute Gasteiger partial charge is 0.433 e. The molecule has 0 saturated heterocycles. The average Bonchev–Trinajstić information content (AvgIpc) is 2.45. The highest BCUT2D eigenvalue weighted by Crippen LogP contribution is 2.30. The molecule has 0 radical (unpaired) electrons. The van der Waals surface area contributed by atoms with Crippen LogP contribution in [0.3, 0.4) is 0 Å². The van der Waals surface area contributed by atoms with Crippen LogP contribution in [0.5, 0.6) is 5.75 Å². The first kappa shape index (κ1) is 15.5. The van der Waals surface area contributed by atoms with Gasteiger partial charge >= 0.3 is 12.1 Å². The van der Waals surface area contributed by atoms with Gasteiger partial charge in [0.05, 0.1) is 7.11 Å². The second kappa shape index (κ2) is 5.47. The van der Waals surface area contributed by atoms with Crippen molar-refractivity contribution in [3.63, 3.8) is 0 Å². The van der Waals surface area contributed by atoms with Crippen LogP contribution in [0.2, 0.25) is 0 Å². The summed E-state index contributed by atoms with van der Waals surface area (Å²) in [6, 6.07) is 1.81. The lowest BCUT2D eigenvalue weighted by Gasteiger charge is -2.10. The van der Waals surface area contributed by atoms with Gasteiger partial charge in [0, 0.05) is 11.8 Å². The molecule has 0 amide bonds. The Balaban J connectivity index is 2.51. The standard InChI is InChI=1S/C12H9F3N4O3/c1-22-8-7(11(20)21)18-10(19-9(8)16)5-2-3-6(17-4-5)12(13,14)15/h2-4H,1H3,(H,20,21)(H2,16,18,19). The van der Waals surface area contributed by atoms with Crippen LogP contribution in [-0.4, -0.2) is 33.1 Å². The molecule has 2 heterocycles. The molecule has 0 fully saturated rings. The van der Waals surface area contributed by atoms with Crippen molar-refractivity contribution >= 4 is 11.8 Å². The van der Waals surface area contributed by atoms with Crippen LogP contribution >= 0.6 is 0 Å². The highest BCUT2D eigenvalue weighted by atomic mass is 19.4. The number of carbonyl (C=O) groups is 1. The van der Waals surface area contributed by atoms with Crippen molar-refractivity contribution in [2.45, 2.75) is 6.18 Å². The molecule has 0 aliphatic carbocycles. The Morgan fingerprint density at radius 2 is 2.00 bits per heavy atom. The Hall–Kier alpha value is -2.91. The summed E-state index contributed by atoms with van der Waals surface area (Å²) in [7, 11) is 1.20. The molecule has 0 aliphatic rings. The van der Waals surface area contributed by atoms with Gasteiger partial charge in [-0.1, -0.05) is 0 Å². The topological polar surface area (TPSA) is 111 Å². The largest absolute Gasteiger partial charge is 0.491 e. The molecular weight excluding hydrogens is 305 g/mol. The first-order valence-corrected chi connectivity index (χ1v) is 5.72. The number of hydrogen-bond acceptors (Lipinski definition) is 6. The van der Waals surface area contributed by atoms with Crippen LogP contribution in [0.1, 0.15) is 16.2 Å². The summed E-state index contributed by atoms with van der Waals surface area (Å²) in [4.78, 5) is 21.9. The van der Waals surface area contributed by atoms with Crippen molar-refractivity contribution in [1.29, 1.82) is 0 Å². The number of methoxy groups -OCH3 is 1. The van der Waals surface area contributed by atoms with E-state index in [2.05, 4.69) is 15.0 Å². The fraction of sp³-hybridized carbons (Fsp3) is 0.167. The number of carboxylic acid groups (broad SMARTS) is 1. The molecule has 0 bridgehead atoms. The summed E-state index contributed by atoms with van der Waals surface area (Å²) < 4.78 is 42.1.